The summed E-state index contributed by atoms with van der Waals surface area (Å²) >= 11 is 3.35. The summed E-state index contributed by atoms with van der Waals surface area (Å²) in [5.74, 6) is 0.360. The summed E-state index contributed by atoms with van der Waals surface area (Å²) in [5, 5.41) is 5.79. The lowest BCUT2D eigenvalue weighted by atomic mass is 10.2. The number of carbonyl (C=O) groups excluding carboxylic acids is 1. The van der Waals surface area contributed by atoms with Crippen LogP contribution < -0.4 is 16.4 Å². The van der Waals surface area contributed by atoms with Gasteiger partial charge in [-0.15, -0.1) is 0 Å². The maximum absolute atomic E-state index is 11.8. The van der Waals surface area contributed by atoms with Gasteiger partial charge in [0.25, 0.3) is 0 Å². The predicted octanol–water partition coefficient (Wildman–Crippen LogP) is 3.26. The third kappa shape index (κ3) is 8.67. The number of amides is 1. The van der Waals surface area contributed by atoms with E-state index in [1.165, 1.54) is 19.3 Å². The summed E-state index contributed by atoms with van der Waals surface area (Å²) in [6, 6.07) is 7.47. The van der Waals surface area contributed by atoms with Crippen molar-refractivity contribution in [3.05, 3.63) is 28.7 Å². The molecular weight excluding hydrogens is 344 g/mol. The zero-order valence-electron chi connectivity index (χ0n) is 13.1. The van der Waals surface area contributed by atoms with Crippen LogP contribution in [0, 0.1) is 0 Å². The van der Waals surface area contributed by atoms with Crippen molar-refractivity contribution in [2.75, 3.05) is 18.4 Å². The topological polar surface area (TPSA) is 79.5 Å². The van der Waals surface area contributed by atoms with Crippen molar-refractivity contribution in [1.29, 1.82) is 0 Å². The highest BCUT2D eigenvalue weighted by Crippen LogP contribution is 2.14. The smallest absolute Gasteiger partial charge is 0.226 e. The van der Waals surface area contributed by atoms with Crippen LogP contribution in [-0.4, -0.2) is 25.0 Å². The number of unbranched alkanes of at least 4 members (excludes halogenated alkanes) is 3. The number of nitrogens with one attached hydrogen (secondary N) is 2. The summed E-state index contributed by atoms with van der Waals surface area (Å²) in [4.78, 5) is 16.0. The number of nitrogens with zero attached hydrogens (tertiary/aromatic N) is 1. The van der Waals surface area contributed by atoms with Crippen LogP contribution in [0.25, 0.3) is 0 Å². The van der Waals surface area contributed by atoms with Crippen LogP contribution in [0.4, 0.5) is 5.69 Å². The van der Waals surface area contributed by atoms with E-state index in [4.69, 9.17) is 5.73 Å². The van der Waals surface area contributed by atoms with E-state index in [2.05, 4.69) is 38.5 Å². The van der Waals surface area contributed by atoms with Crippen LogP contribution in [0.15, 0.2) is 33.7 Å². The van der Waals surface area contributed by atoms with Gasteiger partial charge in [-0.2, -0.15) is 0 Å². The number of hydrogen-bond donors (Lipinski definition) is 3. The molecule has 0 fully saturated rings. The Balaban J connectivity index is 2.16. The van der Waals surface area contributed by atoms with E-state index in [0.717, 1.165) is 23.1 Å². The normalized spacial score (nSPS) is 11.3. The van der Waals surface area contributed by atoms with Crippen molar-refractivity contribution in [2.24, 2.45) is 10.7 Å². The summed E-state index contributed by atoms with van der Waals surface area (Å²) < 4.78 is 0.982. The first-order chi connectivity index (χ1) is 10.6. The zero-order valence-corrected chi connectivity index (χ0v) is 14.7. The lowest BCUT2D eigenvalue weighted by Gasteiger charge is -2.07. The highest BCUT2D eigenvalue weighted by atomic mass is 79.9. The molecule has 122 valence electrons. The van der Waals surface area contributed by atoms with Crippen molar-refractivity contribution in [3.8, 4) is 0 Å². The summed E-state index contributed by atoms with van der Waals surface area (Å²) in [7, 11) is 0. The fraction of sp³-hybridized carbons (Fsp3) is 0.500. The van der Waals surface area contributed by atoms with Gasteiger partial charge < -0.3 is 16.4 Å². The standard InChI is InChI=1S/C16H25BrN4O/c1-2-3-4-5-11-19-16(18)20-12-10-15(22)21-14-8-6-13(17)7-9-14/h6-9H,2-5,10-12H2,1H3,(H,21,22)(H3,18,19,20). The zero-order chi connectivity index (χ0) is 16.2. The molecule has 0 spiro atoms. The van der Waals surface area contributed by atoms with Crippen LogP contribution in [0.1, 0.15) is 39.0 Å². The number of halogens is 1. The first-order valence-electron chi connectivity index (χ1n) is 7.71. The number of benzene rings is 1. The number of hydrogen-bond acceptors (Lipinski definition) is 2. The molecule has 1 amide bonds. The van der Waals surface area contributed by atoms with Gasteiger partial charge in [0.05, 0.1) is 0 Å². The quantitative estimate of drug-likeness (QED) is 0.355. The first-order valence-corrected chi connectivity index (χ1v) is 8.50. The van der Waals surface area contributed by atoms with E-state index in [1.54, 1.807) is 0 Å². The lowest BCUT2D eigenvalue weighted by Crippen LogP contribution is -2.34. The Hall–Kier alpha value is -1.56. The van der Waals surface area contributed by atoms with E-state index < -0.39 is 0 Å². The number of anilines is 1. The molecule has 0 radical (unpaired) electrons. The van der Waals surface area contributed by atoms with Crippen molar-refractivity contribution in [3.63, 3.8) is 0 Å². The Morgan fingerprint density at radius 2 is 1.95 bits per heavy atom. The monoisotopic (exact) mass is 368 g/mol. The molecule has 1 aromatic carbocycles. The lowest BCUT2D eigenvalue weighted by molar-refractivity contribution is -0.116. The number of aliphatic imine (C=N–C) groups is 1. The second kappa shape index (κ2) is 11.1. The summed E-state index contributed by atoms with van der Waals surface area (Å²) in [5.41, 5.74) is 6.53. The largest absolute Gasteiger partial charge is 0.370 e. The van der Waals surface area contributed by atoms with Gasteiger partial charge in [0.2, 0.25) is 5.91 Å². The Kier molecular flexibility index (Phi) is 9.30. The molecule has 0 unspecified atom stereocenters. The van der Waals surface area contributed by atoms with Crippen LogP contribution >= 0.6 is 15.9 Å². The molecule has 0 aliphatic heterocycles. The average molecular weight is 369 g/mol. The molecule has 0 atom stereocenters. The Bertz CT molecular complexity index is 474. The first kappa shape index (κ1) is 18.5. The fourth-order valence-electron chi connectivity index (χ4n) is 1.85. The summed E-state index contributed by atoms with van der Waals surface area (Å²) in [6.07, 6.45) is 5.04. The van der Waals surface area contributed by atoms with Gasteiger partial charge in [-0.3, -0.25) is 9.79 Å². The molecule has 0 saturated carbocycles. The van der Waals surface area contributed by atoms with Gasteiger partial charge in [-0.1, -0.05) is 42.1 Å². The summed E-state index contributed by atoms with van der Waals surface area (Å²) in [6.45, 7) is 3.40. The van der Waals surface area contributed by atoms with Gasteiger partial charge in [0.1, 0.15) is 0 Å². The second-order valence-electron chi connectivity index (χ2n) is 5.06. The van der Waals surface area contributed by atoms with Crippen molar-refractivity contribution in [1.82, 2.24) is 5.32 Å². The highest BCUT2D eigenvalue weighted by molar-refractivity contribution is 9.10. The minimum atomic E-state index is -0.0504. The molecule has 4 N–H and O–H groups in total. The van der Waals surface area contributed by atoms with Crippen LogP contribution in [0.3, 0.4) is 0 Å². The Morgan fingerprint density at radius 3 is 2.64 bits per heavy atom. The second-order valence-corrected chi connectivity index (χ2v) is 5.98. The molecule has 1 rings (SSSR count). The Labute approximate surface area is 140 Å². The third-order valence-corrected chi connectivity index (χ3v) is 3.61. The van der Waals surface area contributed by atoms with Crippen LogP contribution in [0.5, 0.6) is 0 Å². The number of guanidine groups is 1. The molecule has 0 aliphatic rings. The number of nitrogens with two attached hydrogens (primary N) is 1. The maximum atomic E-state index is 11.8. The third-order valence-electron chi connectivity index (χ3n) is 3.08. The van der Waals surface area contributed by atoms with Crippen molar-refractivity contribution < 1.29 is 4.79 Å². The number of carbonyl (C=O) groups is 1. The predicted molar refractivity (Wildman–Crippen MR) is 96.0 cm³/mol. The fourth-order valence-corrected chi connectivity index (χ4v) is 2.12. The van der Waals surface area contributed by atoms with Crippen molar-refractivity contribution >= 4 is 33.5 Å². The molecule has 5 nitrogen and oxygen atoms in total. The van der Waals surface area contributed by atoms with Crippen LogP contribution in [-0.2, 0) is 4.79 Å². The van der Waals surface area contributed by atoms with E-state index in [-0.39, 0.29) is 5.91 Å². The molecule has 0 aromatic heterocycles. The molecule has 22 heavy (non-hydrogen) atoms. The highest BCUT2D eigenvalue weighted by Gasteiger charge is 2.02. The van der Waals surface area contributed by atoms with Crippen molar-refractivity contribution in [2.45, 2.75) is 39.0 Å². The van der Waals surface area contributed by atoms with Gasteiger partial charge in [-0.05, 0) is 30.7 Å². The van der Waals surface area contributed by atoms with E-state index >= 15 is 0 Å². The van der Waals surface area contributed by atoms with Gasteiger partial charge >= 0.3 is 0 Å². The Morgan fingerprint density at radius 1 is 1.23 bits per heavy atom. The van der Waals surface area contributed by atoms with E-state index in [1.807, 2.05) is 24.3 Å². The van der Waals surface area contributed by atoms with Gasteiger partial charge in [-0.25, -0.2) is 0 Å². The molecule has 0 saturated heterocycles. The minimum absolute atomic E-state index is 0.0504. The maximum Gasteiger partial charge on any atom is 0.226 e. The molecule has 0 heterocycles. The minimum Gasteiger partial charge on any atom is -0.370 e. The van der Waals surface area contributed by atoms with Gasteiger partial charge in [0.15, 0.2) is 5.96 Å². The van der Waals surface area contributed by atoms with E-state index in [9.17, 15) is 4.79 Å². The van der Waals surface area contributed by atoms with E-state index in [0.29, 0.717) is 18.9 Å². The molecular formula is C16H25BrN4O. The molecule has 0 aliphatic carbocycles. The average Bonchev–Trinajstić information content (AvgIpc) is 2.49. The van der Waals surface area contributed by atoms with Gasteiger partial charge in [0, 0.05) is 29.7 Å². The molecule has 6 heteroatoms. The van der Waals surface area contributed by atoms with Crippen LogP contribution in [0.2, 0.25) is 0 Å². The molecule has 0 bridgehead atoms. The number of rotatable bonds is 9. The molecule has 1 aromatic rings. The SMILES string of the molecule is CCCCCCN=C(N)NCCC(=O)Nc1ccc(Br)cc1.